The van der Waals surface area contributed by atoms with Crippen LogP contribution < -0.4 is 10.1 Å². The van der Waals surface area contributed by atoms with Crippen molar-refractivity contribution in [3.63, 3.8) is 0 Å². The van der Waals surface area contributed by atoms with Gasteiger partial charge in [0.2, 0.25) is 5.91 Å². The maximum absolute atomic E-state index is 13.0. The number of halogens is 1. The summed E-state index contributed by atoms with van der Waals surface area (Å²) in [7, 11) is 1.57. The minimum atomic E-state index is -0.614. The second-order valence-corrected chi connectivity index (χ2v) is 9.28. The molecule has 2 aromatic carbocycles. The molecular weight excluding hydrogens is 444 g/mol. The van der Waals surface area contributed by atoms with Crippen LogP contribution in [0.1, 0.15) is 44.4 Å². The molecule has 162 valence electrons. The number of likely N-dealkylation sites (N-methyl/N-ethyl adjacent to an activating group) is 1. The topological polar surface area (TPSA) is 58.6 Å². The Hall–Kier alpha value is -2.34. The predicted octanol–water partition coefficient (Wildman–Crippen LogP) is 4.60. The predicted molar refractivity (Wildman–Crippen MR) is 124 cm³/mol. The maximum atomic E-state index is 13.0. The first-order chi connectivity index (χ1) is 14.0. The van der Waals surface area contributed by atoms with E-state index in [4.69, 9.17) is 4.74 Å². The molecule has 0 bridgehead atoms. The summed E-state index contributed by atoms with van der Waals surface area (Å²) >= 11 is 3.54. The van der Waals surface area contributed by atoms with E-state index in [0.29, 0.717) is 12.3 Å². The Bertz CT molecular complexity index is 906. The van der Waals surface area contributed by atoms with Crippen LogP contribution in [0.15, 0.2) is 46.9 Å². The lowest BCUT2D eigenvalue weighted by atomic mass is 9.87. The van der Waals surface area contributed by atoms with E-state index in [2.05, 4.69) is 42.0 Å². The number of nitrogens with zero attached hydrogens (tertiary/aromatic N) is 1. The fourth-order valence-electron chi connectivity index (χ4n) is 3.07. The minimum Gasteiger partial charge on any atom is -0.483 e. The lowest BCUT2D eigenvalue weighted by Gasteiger charge is -2.29. The monoisotopic (exact) mass is 474 g/mol. The molecule has 5 nitrogen and oxygen atoms in total. The molecule has 0 radical (unpaired) electrons. The number of hydrogen-bond donors (Lipinski definition) is 1. The largest absolute Gasteiger partial charge is 0.483 e. The van der Waals surface area contributed by atoms with Gasteiger partial charge in [0.1, 0.15) is 11.8 Å². The number of carbonyl (C=O) groups excluding carboxylic acids is 2. The lowest BCUT2D eigenvalue weighted by molar-refractivity contribution is -0.142. The van der Waals surface area contributed by atoms with Crippen LogP contribution in [0.3, 0.4) is 0 Å². The number of carbonyl (C=O) groups is 2. The van der Waals surface area contributed by atoms with Gasteiger partial charge in [-0.2, -0.15) is 0 Å². The quantitative estimate of drug-likeness (QED) is 0.637. The summed E-state index contributed by atoms with van der Waals surface area (Å²) in [6, 6.07) is 13.1. The first-order valence-corrected chi connectivity index (χ1v) is 10.8. The molecule has 0 aliphatic heterocycles. The van der Waals surface area contributed by atoms with E-state index in [1.807, 2.05) is 49.4 Å². The van der Waals surface area contributed by atoms with Crippen molar-refractivity contribution < 1.29 is 14.3 Å². The highest BCUT2D eigenvalue weighted by Gasteiger charge is 2.26. The Morgan fingerprint density at radius 2 is 1.83 bits per heavy atom. The van der Waals surface area contributed by atoms with Gasteiger partial charge in [-0.3, -0.25) is 9.59 Å². The SMILES string of the molecule is CNC(=O)[C@H](C)N(Cc1ccccc1C)C(=O)COc1ccc(C(C)(C)C)cc1Br. The zero-order chi connectivity index (χ0) is 22.5. The summed E-state index contributed by atoms with van der Waals surface area (Å²) in [6.07, 6.45) is 0. The van der Waals surface area contributed by atoms with Gasteiger partial charge in [-0.15, -0.1) is 0 Å². The summed E-state index contributed by atoms with van der Waals surface area (Å²) in [5.41, 5.74) is 3.25. The molecular formula is C24H31BrN2O3. The number of hydrogen-bond acceptors (Lipinski definition) is 3. The number of ether oxygens (including phenoxy) is 1. The van der Waals surface area contributed by atoms with Crippen molar-refractivity contribution in [1.82, 2.24) is 10.2 Å². The molecule has 2 amide bonds. The molecule has 0 unspecified atom stereocenters. The number of nitrogens with one attached hydrogen (secondary N) is 1. The average molecular weight is 475 g/mol. The fourth-order valence-corrected chi connectivity index (χ4v) is 3.56. The molecule has 2 rings (SSSR count). The van der Waals surface area contributed by atoms with Crippen molar-refractivity contribution in [1.29, 1.82) is 0 Å². The molecule has 1 atom stereocenters. The van der Waals surface area contributed by atoms with Gasteiger partial charge in [-0.1, -0.05) is 51.1 Å². The molecule has 0 aliphatic carbocycles. The van der Waals surface area contributed by atoms with Gasteiger partial charge in [0.05, 0.1) is 4.47 Å². The van der Waals surface area contributed by atoms with E-state index in [9.17, 15) is 9.59 Å². The Kier molecular flexibility index (Phi) is 8.07. The van der Waals surface area contributed by atoms with E-state index >= 15 is 0 Å². The Morgan fingerprint density at radius 1 is 1.17 bits per heavy atom. The van der Waals surface area contributed by atoms with Crippen LogP contribution in [0.5, 0.6) is 5.75 Å². The van der Waals surface area contributed by atoms with Crippen molar-refractivity contribution in [2.45, 2.75) is 52.6 Å². The summed E-state index contributed by atoms with van der Waals surface area (Å²) in [4.78, 5) is 26.8. The zero-order valence-corrected chi connectivity index (χ0v) is 20.2. The second-order valence-electron chi connectivity index (χ2n) is 8.42. The molecule has 0 aliphatic rings. The molecule has 0 aromatic heterocycles. The molecule has 2 aromatic rings. The fraction of sp³-hybridized carbons (Fsp3) is 0.417. The van der Waals surface area contributed by atoms with Crippen molar-refractivity contribution in [3.8, 4) is 5.75 Å². The number of aryl methyl sites for hydroxylation is 1. The van der Waals surface area contributed by atoms with Crippen molar-refractivity contribution >= 4 is 27.7 Å². The third-order valence-corrected chi connectivity index (χ3v) is 5.78. The Morgan fingerprint density at radius 3 is 2.40 bits per heavy atom. The Balaban J connectivity index is 2.18. The highest BCUT2D eigenvalue weighted by Crippen LogP contribution is 2.31. The van der Waals surface area contributed by atoms with Crippen LogP contribution in [0, 0.1) is 6.92 Å². The van der Waals surface area contributed by atoms with Crippen molar-refractivity contribution in [2.75, 3.05) is 13.7 Å². The van der Waals surface area contributed by atoms with Crippen molar-refractivity contribution in [3.05, 3.63) is 63.6 Å². The summed E-state index contributed by atoms with van der Waals surface area (Å²) in [5, 5.41) is 2.62. The van der Waals surface area contributed by atoms with Crippen LogP contribution in [0.25, 0.3) is 0 Å². The lowest BCUT2D eigenvalue weighted by Crippen LogP contribution is -2.48. The normalized spacial score (nSPS) is 12.2. The molecule has 0 saturated heterocycles. The van der Waals surface area contributed by atoms with Crippen molar-refractivity contribution in [2.24, 2.45) is 0 Å². The smallest absolute Gasteiger partial charge is 0.261 e. The molecule has 1 N–H and O–H groups in total. The molecule has 0 spiro atoms. The van der Waals surface area contributed by atoms with Crippen LogP contribution in [-0.2, 0) is 21.5 Å². The number of amides is 2. The molecule has 0 saturated carbocycles. The van der Waals surface area contributed by atoms with E-state index in [0.717, 1.165) is 15.6 Å². The van der Waals surface area contributed by atoms with Gasteiger partial charge in [-0.05, 0) is 64.0 Å². The first-order valence-electron chi connectivity index (χ1n) is 10.0. The number of benzene rings is 2. The molecule has 0 fully saturated rings. The van der Waals surface area contributed by atoms with E-state index in [1.54, 1.807) is 18.9 Å². The van der Waals surface area contributed by atoms with E-state index in [-0.39, 0.29) is 23.8 Å². The highest BCUT2D eigenvalue weighted by atomic mass is 79.9. The molecule has 30 heavy (non-hydrogen) atoms. The van der Waals surface area contributed by atoms with Crippen LogP contribution in [0.4, 0.5) is 0 Å². The summed E-state index contributed by atoms with van der Waals surface area (Å²) < 4.78 is 6.61. The standard InChI is InChI=1S/C24H31BrN2O3/c1-16-9-7-8-10-18(16)14-27(17(2)23(29)26-6)22(28)15-30-21-12-11-19(13-20(21)25)24(3,4)5/h7-13,17H,14-15H2,1-6H3,(H,26,29)/t17-/m0/s1. The van der Waals surface area contributed by atoms with Gasteiger partial charge in [0.25, 0.3) is 5.91 Å². The van der Waals surface area contributed by atoms with Gasteiger partial charge >= 0.3 is 0 Å². The Labute approximate surface area is 187 Å². The third-order valence-electron chi connectivity index (χ3n) is 5.16. The van der Waals surface area contributed by atoms with E-state index in [1.165, 1.54) is 5.56 Å². The van der Waals surface area contributed by atoms with Crippen LogP contribution in [0.2, 0.25) is 0 Å². The first kappa shape index (κ1) is 23.9. The maximum Gasteiger partial charge on any atom is 0.261 e. The highest BCUT2D eigenvalue weighted by molar-refractivity contribution is 9.10. The van der Waals surface area contributed by atoms with Gasteiger partial charge in [0.15, 0.2) is 6.61 Å². The minimum absolute atomic E-state index is 0.0180. The third kappa shape index (κ3) is 6.08. The molecule has 0 heterocycles. The van der Waals surface area contributed by atoms with E-state index < -0.39 is 6.04 Å². The van der Waals surface area contributed by atoms with Crippen LogP contribution >= 0.6 is 15.9 Å². The summed E-state index contributed by atoms with van der Waals surface area (Å²) in [5.74, 6) is 0.133. The molecule has 6 heteroatoms. The van der Waals surface area contributed by atoms with Gasteiger partial charge in [0, 0.05) is 13.6 Å². The summed E-state index contributed by atoms with van der Waals surface area (Å²) in [6.45, 7) is 10.3. The van der Waals surface area contributed by atoms with Gasteiger partial charge in [-0.25, -0.2) is 0 Å². The zero-order valence-electron chi connectivity index (χ0n) is 18.6. The number of rotatable bonds is 7. The second kappa shape index (κ2) is 10.1. The van der Waals surface area contributed by atoms with Crippen LogP contribution in [-0.4, -0.2) is 36.4 Å². The van der Waals surface area contributed by atoms with Gasteiger partial charge < -0.3 is 15.0 Å². The average Bonchev–Trinajstić information content (AvgIpc) is 2.70.